The Labute approximate surface area is 121 Å². The van der Waals surface area contributed by atoms with Gasteiger partial charge < -0.3 is 21.5 Å². The molecule has 0 fully saturated rings. The van der Waals surface area contributed by atoms with Crippen LogP contribution in [0.4, 0.5) is 0 Å². The number of ether oxygens (including phenoxy) is 1. The topological polar surface area (TPSA) is 107 Å². The van der Waals surface area contributed by atoms with E-state index in [4.69, 9.17) is 28.4 Å². The maximum absolute atomic E-state index is 11.9. The summed E-state index contributed by atoms with van der Waals surface area (Å²) in [7, 11) is 0. The van der Waals surface area contributed by atoms with Crippen molar-refractivity contribution in [3.63, 3.8) is 0 Å². The Balaban J connectivity index is 2.86. The molecule has 1 aromatic rings. The molecule has 6 nitrogen and oxygen atoms in total. The average Bonchev–Trinajstić information content (AvgIpc) is 2.39. The summed E-state index contributed by atoms with van der Waals surface area (Å²) in [4.78, 5) is 23.4. The number of amides is 1. The molecule has 0 atom stereocenters. The van der Waals surface area contributed by atoms with Crippen molar-refractivity contribution >= 4 is 29.1 Å². The van der Waals surface area contributed by atoms with E-state index in [1.165, 1.54) is 0 Å². The van der Waals surface area contributed by atoms with Gasteiger partial charge in [-0.25, -0.2) is 4.79 Å². The van der Waals surface area contributed by atoms with E-state index in [-0.39, 0.29) is 23.0 Å². The highest BCUT2D eigenvalue weighted by Gasteiger charge is 2.21. The van der Waals surface area contributed by atoms with Crippen molar-refractivity contribution in [3.8, 4) is 0 Å². The fourth-order valence-corrected chi connectivity index (χ4v) is 1.67. The van der Waals surface area contributed by atoms with Crippen LogP contribution in [0.2, 0.25) is 0 Å². The van der Waals surface area contributed by atoms with Gasteiger partial charge in [0, 0.05) is 5.56 Å². The largest absolute Gasteiger partial charge is 0.462 e. The van der Waals surface area contributed by atoms with Crippen molar-refractivity contribution in [1.82, 2.24) is 5.32 Å². The van der Waals surface area contributed by atoms with E-state index < -0.39 is 11.9 Å². The molecule has 5 N–H and O–H groups in total. The van der Waals surface area contributed by atoms with E-state index in [0.29, 0.717) is 5.56 Å². The molecule has 0 aliphatic carbocycles. The maximum atomic E-state index is 11.9. The summed E-state index contributed by atoms with van der Waals surface area (Å²) in [6, 6.07) is 8.40. The van der Waals surface area contributed by atoms with Crippen LogP contribution in [0.3, 0.4) is 0 Å². The second kappa shape index (κ2) is 7.25. The number of esters is 1. The van der Waals surface area contributed by atoms with Crippen LogP contribution in [-0.2, 0) is 9.53 Å². The summed E-state index contributed by atoms with van der Waals surface area (Å²) in [5.74, 6) is -1.54. The molecule has 0 saturated heterocycles. The maximum Gasteiger partial charge on any atom is 0.344 e. The third-order valence-corrected chi connectivity index (χ3v) is 2.56. The van der Waals surface area contributed by atoms with E-state index >= 15 is 0 Å². The zero-order valence-corrected chi connectivity index (χ0v) is 11.7. The summed E-state index contributed by atoms with van der Waals surface area (Å²) >= 11 is 4.97. The van der Waals surface area contributed by atoms with Crippen LogP contribution in [0.15, 0.2) is 41.7 Å². The lowest BCUT2D eigenvalue weighted by molar-refractivity contribution is -0.137. The molecule has 0 spiro atoms. The molecule has 0 unspecified atom stereocenters. The molecule has 20 heavy (non-hydrogen) atoms. The van der Waals surface area contributed by atoms with Gasteiger partial charge in [-0.2, -0.15) is 0 Å². The first-order valence-electron chi connectivity index (χ1n) is 5.80. The number of nitrogens with two attached hydrogens (primary N) is 2. The summed E-state index contributed by atoms with van der Waals surface area (Å²) in [6.07, 6.45) is 0. The van der Waals surface area contributed by atoms with Crippen molar-refractivity contribution in [2.75, 3.05) is 6.61 Å². The SMILES string of the molecule is CCOC(=O)C(C(=S)NC(=O)c1ccccc1)=C(N)N. The fraction of sp³-hybridized carbons (Fsp3) is 0.154. The van der Waals surface area contributed by atoms with Crippen molar-refractivity contribution in [3.05, 3.63) is 47.3 Å². The molecule has 106 valence electrons. The smallest absolute Gasteiger partial charge is 0.344 e. The van der Waals surface area contributed by atoms with Crippen LogP contribution in [0, 0.1) is 0 Å². The molecule has 7 heteroatoms. The summed E-state index contributed by atoms with van der Waals surface area (Å²) in [5, 5.41) is 2.39. The van der Waals surface area contributed by atoms with Gasteiger partial charge in [0.2, 0.25) is 0 Å². The predicted octanol–water partition coefficient (Wildman–Crippen LogP) is 0.436. The molecule has 0 aromatic heterocycles. The minimum absolute atomic E-state index is 0.144. The summed E-state index contributed by atoms with van der Waals surface area (Å²) in [5.41, 5.74) is 11.0. The number of carbonyl (C=O) groups excluding carboxylic acids is 2. The molecular weight excluding hydrogens is 278 g/mol. The Morgan fingerprint density at radius 2 is 1.85 bits per heavy atom. The number of hydrogen-bond donors (Lipinski definition) is 3. The van der Waals surface area contributed by atoms with E-state index in [9.17, 15) is 9.59 Å². The molecule has 0 bridgehead atoms. The van der Waals surface area contributed by atoms with E-state index in [1.807, 2.05) is 0 Å². The van der Waals surface area contributed by atoms with Gasteiger partial charge in [0.25, 0.3) is 5.91 Å². The first-order chi connectivity index (χ1) is 9.47. The van der Waals surface area contributed by atoms with Crippen molar-refractivity contribution in [2.45, 2.75) is 6.92 Å². The van der Waals surface area contributed by atoms with Gasteiger partial charge in [-0.3, -0.25) is 4.79 Å². The average molecular weight is 293 g/mol. The van der Waals surface area contributed by atoms with E-state index in [1.54, 1.807) is 37.3 Å². The summed E-state index contributed by atoms with van der Waals surface area (Å²) in [6.45, 7) is 1.78. The number of nitrogens with one attached hydrogen (secondary N) is 1. The lowest BCUT2D eigenvalue weighted by atomic mass is 10.2. The molecule has 0 heterocycles. The van der Waals surface area contributed by atoms with Crippen molar-refractivity contribution in [1.29, 1.82) is 0 Å². The monoisotopic (exact) mass is 293 g/mol. The zero-order valence-electron chi connectivity index (χ0n) is 10.9. The third-order valence-electron chi connectivity index (χ3n) is 2.26. The van der Waals surface area contributed by atoms with Gasteiger partial charge in [0.1, 0.15) is 16.4 Å². The van der Waals surface area contributed by atoms with Crippen LogP contribution in [0.5, 0.6) is 0 Å². The Morgan fingerprint density at radius 3 is 2.35 bits per heavy atom. The highest BCUT2D eigenvalue weighted by Crippen LogP contribution is 2.04. The van der Waals surface area contributed by atoms with Gasteiger partial charge in [-0.1, -0.05) is 30.4 Å². The fourth-order valence-electron chi connectivity index (χ4n) is 1.37. The normalized spacial score (nSPS) is 9.45. The third kappa shape index (κ3) is 4.06. The Bertz CT molecular complexity index is 551. The van der Waals surface area contributed by atoms with Crippen LogP contribution in [-0.4, -0.2) is 23.5 Å². The van der Waals surface area contributed by atoms with Crippen LogP contribution in [0.25, 0.3) is 0 Å². The van der Waals surface area contributed by atoms with Crippen molar-refractivity contribution < 1.29 is 14.3 Å². The van der Waals surface area contributed by atoms with Crippen LogP contribution in [0.1, 0.15) is 17.3 Å². The molecule has 0 saturated carbocycles. The minimum atomic E-state index is -0.772. The molecule has 1 aromatic carbocycles. The summed E-state index contributed by atoms with van der Waals surface area (Å²) < 4.78 is 4.78. The first kappa shape index (κ1) is 15.6. The highest BCUT2D eigenvalue weighted by atomic mass is 32.1. The number of benzene rings is 1. The van der Waals surface area contributed by atoms with Gasteiger partial charge in [-0.15, -0.1) is 0 Å². The quantitative estimate of drug-likeness (QED) is 0.422. The molecule has 0 aliphatic heterocycles. The standard InChI is InChI=1S/C13H15N3O3S/c1-2-19-13(18)9(10(14)15)12(20)16-11(17)8-6-4-3-5-7-8/h3-7H,2,14-15H2,1H3,(H,16,17,20). The Kier molecular flexibility index (Phi) is 5.67. The van der Waals surface area contributed by atoms with E-state index in [2.05, 4.69) is 5.32 Å². The number of rotatable bonds is 4. The van der Waals surface area contributed by atoms with Crippen molar-refractivity contribution in [2.24, 2.45) is 11.5 Å². The van der Waals surface area contributed by atoms with Gasteiger partial charge >= 0.3 is 5.97 Å². The second-order valence-corrected chi connectivity index (χ2v) is 4.11. The van der Waals surface area contributed by atoms with Gasteiger partial charge in [-0.05, 0) is 19.1 Å². The Hall–Kier alpha value is -2.41. The highest BCUT2D eigenvalue weighted by molar-refractivity contribution is 7.81. The lowest BCUT2D eigenvalue weighted by Crippen LogP contribution is -2.36. The molecule has 0 aliphatic rings. The zero-order chi connectivity index (χ0) is 15.1. The first-order valence-corrected chi connectivity index (χ1v) is 6.21. The second-order valence-electron chi connectivity index (χ2n) is 3.70. The van der Waals surface area contributed by atoms with E-state index in [0.717, 1.165) is 0 Å². The minimum Gasteiger partial charge on any atom is -0.462 e. The number of thiocarbonyl (C=S) groups is 1. The van der Waals surface area contributed by atoms with Crippen LogP contribution >= 0.6 is 12.2 Å². The molecule has 1 rings (SSSR count). The predicted molar refractivity (Wildman–Crippen MR) is 78.5 cm³/mol. The van der Waals surface area contributed by atoms with Crippen LogP contribution < -0.4 is 16.8 Å². The van der Waals surface area contributed by atoms with Gasteiger partial charge in [0.05, 0.1) is 6.61 Å². The lowest BCUT2D eigenvalue weighted by Gasteiger charge is -2.11. The van der Waals surface area contributed by atoms with Gasteiger partial charge in [0.15, 0.2) is 0 Å². The number of carbonyl (C=O) groups is 2. The Morgan fingerprint density at radius 1 is 1.25 bits per heavy atom. The molecule has 0 radical (unpaired) electrons. The molecular formula is C13H15N3O3S. The molecule has 1 amide bonds. The number of hydrogen-bond acceptors (Lipinski definition) is 6.